The van der Waals surface area contributed by atoms with Gasteiger partial charge in [-0.3, -0.25) is 0 Å². The maximum absolute atomic E-state index is 6.31. The fourth-order valence-electron chi connectivity index (χ4n) is 4.77. The first-order valence-electron chi connectivity index (χ1n) is 11.7. The third kappa shape index (κ3) is 6.30. The van der Waals surface area contributed by atoms with Crippen LogP contribution in [-0.4, -0.2) is 36.3 Å². The summed E-state index contributed by atoms with van der Waals surface area (Å²) in [5.74, 6) is 1.26. The van der Waals surface area contributed by atoms with Gasteiger partial charge in [-0.15, -0.1) is 0 Å². The highest BCUT2D eigenvalue weighted by Gasteiger charge is 2.36. The molecule has 1 saturated heterocycles. The van der Waals surface area contributed by atoms with Gasteiger partial charge in [-0.2, -0.15) is 4.98 Å². The lowest BCUT2D eigenvalue weighted by molar-refractivity contribution is 0.0286. The van der Waals surface area contributed by atoms with Gasteiger partial charge >= 0.3 is 0 Å². The van der Waals surface area contributed by atoms with Crippen LogP contribution >= 0.6 is 0 Å². The van der Waals surface area contributed by atoms with Crippen molar-refractivity contribution >= 4 is 11.8 Å². The number of rotatable bonds is 10. The van der Waals surface area contributed by atoms with Crippen LogP contribution < -0.4 is 10.6 Å². The predicted molar refractivity (Wildman–Crippen MR) is 131 cm³/mol. The second kappa shape index (κ2) is 11.1. The fourth-order valence-corrected chi connectivity index (χ4v) is 4.77. The predicted octanol–water partition coefficient (Wildman–Crippen LogP) is 4.93. The van der Waals surface area contributed by atoms with E-state index in [1.807, 2.05) is 6.07 Å². The van der Waals surface area contributed by atoms with Gasteiger partial charge in [0.1, 0.15) is 5.82 Å². The van der Waals surface area contributed by atoms with Gasteiger partial charge in [0.15, 0.2) is 0 Å². The molecular formula is C27H34N4O. The van der Waals surface area contributed by atoms with E-state index in [-0.39, 0.29) is 5.41 Å². The number of aromatic nitrogens is 2. The fraction of sp³-hybridized carbons (Fsp3) is 0.407. The van der Waals surface area contributed by atoms with Crippen LogP contribution in [-0.2, 0) is 17.6 Å². The van der Waals surface area contributed by atoms with Crippen LogP contribution in [0.2, 0.25) is 0 Å². The molecule has 1 aliphatic heterocycles. The molecule has 0 saturated carbocycles. The van der Waals surface area contributed by atoms with Crippen LogP contribution in [0, 0.1) is 5.41 Å². The zero-order valence-electron chi connectivity index (χ0n) is 18.8. The highest BCUT2D eigenvalue weighted by molar-refractivity contribution is 5.41. The van der Waals surface area contributed by atoms with E-state index in [4.69, 9.17) is 10.5 Å². The minimum Gasteiger partial charge on any atom is -0.380 e. The van der Waals surface area contributed by atoms with Crippen molar-refractivity contribution < 1.29 is 4.74 Å². The molecular weight excluding hydrogens is 396 g/mol. The quantitative estimate of drug-likeness (QED) is 0.462. The van der Waals surface area contributed by atoms with E-state index in [0.717, 1.165) is 64.2 Å². The van der Waals surface area contributed by atoms with Crippen LogP contribution in [0.25, 0.3) is 0 Å². The first-order chi connectivity index (χ1) is 15.7. The van der Waals surface area contributed by atoms with Gasteiger partial charge in [-0.25, -0.2) is 4.98 Å². The molecule has 2 N–H and O–H groups in total. The van der Waals surface area contributed by atoms with Gasteiger partial charge in [0.25, 0.3) is 0 Å². The molecule has 1 fully saturated rings. The van der Waals surface area contributed by atoms with Crippen LogP contribution in [0.15, 0.2) is 72.9 Å². The standard InChI is InChI=1S/C27H34N4O/c28-26-29-18-14-25(30-26)31-19-8-17-27(21-31,16-7-13-23-9-3-1-4-10-23)22-32-20-15-24-11-5-2-6-12-24/h1-6,9-12,14,18H,7-8,13,15-17,19-22H2,(H2,28,29,30). The Labute approximate surface area is 191 Å². The number of anilines is 2. The Morgan fingerprint density at radius 2 is 1.66 bits per heavy atom. The molecule has 0 radical (unpaired) electrons. The van der Waals surface area contributed by atoms with Crippen molar-refractivity contribution in [3.8, 4) is 0 Å². The van der Waals surface area contributed by atoms with Crippen molar-refractivity contribution in [1.29, 1.82) is 0 Å². The molecule has 5 heteroatoms. The summed E-state index contributed by atoms with van der Waals surface area (Å²) in [6.07, 6.45) is 8.43. The summed E-state index contributed by atoms with van der Waals surface area (Å²) in [5.41, 5.74) is 8.72. The van der Waals surface area contributed by atoms with Gasteiger partial charge in [-0.05, 0) is 55.7 Å². The number of nitrogens with two attached hydrogens (primary N) is 1. The zero-order chi connectivity index (χ0) is 22.1. The smallest absolute Gasteiger partial charge is 0.221 e. The van der Waals surface area contributed by atoms with Gasteiger partial charge in [-0.1, -0.05) is 60.7 Å². The summed E-state index contributed by atoms with van der Waals surface area (Å²) < 4.78 is 6.31. The number of hydrogen-bond acceptors (Lipinski definition) is 5. The van der Waals surface area contributed by atoms with Gasteiger partial charge < -0.3 is 15.4 Å². The van der Waals surface area contributed by atoms with E-state index in [1.165, 1.54) is 17.5 Å². The molecule has 168 valence electrons. The number of benzene rings is 2. The number of piperidine rings is 1. The van der Waals surface area contributed by atoms with E-state index in [0.29, 0.717) is 5.95 Å². The summed E-state index contributed by atoms with van der Waals surface area (Å²) in [6.45, 7) is 3.49. The average Bonchev–Trinajstić information content (AvgIpc) is 2.83. The van der Waals surface area contributed by atoms with Crippen molar-refractivity contribution in [3.05, 3.63) is 84.1 Å². The van der Waals surface area contributed by atoms with Gasteiger partial charge in [0.2, 0.25) is 5.95 Å². The Bertz CT molecular complexity index is 950. The topological polar surface area (TPSA) is 64.3 Å². The van der Waals surface area contributed by atoms with Crippen molar-refractivity contribution in [2.24, 2.45) is 5.41 Å². The molecule has 2 heterocycles. The van der Waals surface area contributed by atoms with E-state index >= 15 is 0 Å². The van der Waals surface area contributed by atoms with E-state index in [9.17, 15) is 0 Å². The molecule has 1 aliphatic rings. The highest BCUT2D eigenvalue weighted by atomic mass is 16.5. The molecule has 0 spiro atoms. The first-order valence-corrected chi connectivity index (χ1v) is 11.7. The molecule has 0 amide bonds. The second-order valence-corrected chi connectivity index (χ2v) is 8.93. The lowest BCUT2D eigenvalue weighted by atomic mass is 9.76. The highest BCUT2D eigenvalue weighted by Crippen LogP contribution is 2.37. The Morgan fingerprint density at radius 3 is 2.38 bits per heavy atom. The van der Waals surface area contributed by atoms with Gasteiger partial charge in [0.05, 0.1) is 13.2 Å². The summed E-state index contributed by atoms with van der Waals surface area (Å²) in [5, 5.41) is 0. The number of aryl methyl sites for hydroxylation is 1. The van der Waals surface area contributed by atoms with E-state index in [1.54, 1.807) is 6.20 Å². The number of ether oxygens (including phenoxy) is 1. The molecule has 4 rings (SSSR count). The third-order valence-electron chi connectivity index (χ3n) is 6.45. The lowest BCUT2D eigenvalue weighted by Gasteiger charge is -2.43. The minimum atomic E-state index is 0.128. The zero-order valence-corrected chi connectivity index (χ0v) is 18.8. The summed E-state index contributed by atoms with van der Waals surface area (Å²) in [4.78, 5) is 10.9. The normalized spacial score (nSPS) is 18.6. The Morgan fingerprint density at radius 1 is 0.938 bits per heavy atom. The first kappa shape index (κ1) is 22.3. The molecule has 1 unspecified atom stereocenters. The molecule has 1 aromatic heterocycles. The van der Waals surface area contributed by atoms with E-state index in [2.05, 4.69) is 75.5 Å². The number of nitrogen functional groups attached to an aromatic ring is 1. The van der Waals surface area contributed by atoms with Gasteiger partial charge in [0, 0.05) is 24.7 Å². The van der Waals surface area contributed by atoms with Crippen molar-refractivity contribution in [3.63, 3.8) is 0 Å². The lowest BCUT2D eigenvalue weighted by Crippen LogP contribution is -2.46. The van der Waals surface area contributed by atoms with Crippen molar-refractivity contribution in [2.75, 3.05) is 36.9 Å². The van der Waals surface area contributed by atoms with Crippen LogP contribution in [0.3, 0.4) is 0 Å². The molecule has 5 nitrogen and oxygen atoms in total. The van der Waals surface area contributed by atoms with Crippen LogP contribution in [0.4, 0.5) is 11.8 Å². The van der Waals surface area contributed by atoms with Crippen molar-refractivity contribution in [1.82, 2.24) is 9.97 Å². The molecule has 2 aromatic carbocycles. The van der Waals surface area contributed by atoms with Crippen LogP contribution in [0.5, 0.6) is 0 Å². The summed E-state index contributed by atoms with van der Waals surface area (Å²) in [7, 11) is 0. The SMILES string of the molecule is Nc1nccc(N2CCCC(CCCc3ccccc3)(COCCc3ccccc3)C2)n1. The molecule has 1 atom stereocenters. The summed E-state index contributed by atoms with van der Waals surface area (Å²) >= 11 is 0. The largest absolute Gasteiger partial charge is 0.380 e. The Hall–Kier alpha value is -2.92. The third-order valence-corrected chi connectivity index (χ3v) is 6.45. The maximum atomic E-state index is 6.31. The van der Waals surface area contributed by atoms with Crippen LogP contribution in [0.1, 0.15) is 36.8 Å². The van der Waals surface area contributed by atoms with Crippen molar-refractivity contribution in [2.45, 2.75) is 38.5 Å². The van der Waals surface area contributed by atoms with E-state index < -0.39 is 0 Å². The minimum absolute atomic E-state index is 0.128. The molecule has 0 bridgehead atoms. The number of nitrogens with zero attached hydrogens (tertiary/aromatic N) is 3. The average molecular weight is 431 g/mol. The molecule has 0 aliphatic carbocycles. The monoisotopic (exact) mass is 430 g/mol. The summed E-state index contributed by atoms with van der Waals surface area (Å²) in [6, 6.07) is 23.3. The Balaban J connectivity index is 1.40. The second-order valence-electron chi connectivity index (χ2n) is 8.93. The molecule has 3 aromatic rings. The molecule has 32 heavy (non-hydrogen) atoms. The number of hydrogen-bond donors (Lipinski definition) is 1. The Kier molecular flexibility index (Phi) is 7.73. The maximum Gasteiger partial charge on any atom is 0.221 e.